The Balaban J connectivity index is 1.38. The minimum atomic E-state index is -0.146. The second-order valence-electron chi connectivity index (χ2n) is 7.75. The summed E-state index contributed by atoms with van der Waals surface area (Å²) in [7, 11) is 0. The van der Waals surface area contributed by atoms with E-state index in [1.54, 1.807) is 4.90 Å². The number of carbonyl (C=O) groups excluding carboxylic acids is 2. The highest BCUT2D eigenvalue weighted by atomic mass is 16.2. The molecular weight excluding hydrogens is 352 g/mol. The van der Waals surface area contributed by atoms with Crippen LogP contribution in [-0.2, 0) is 24.2 Å². The Kier molecular flexibility index (Phi) is 4.19. The lowest BCUT2D eigenvalue weighted by Crippen LogP contribution is -2.43. The van der Waals surface area contributed by atoms with E-state index >= 15 is 0 Å². The second kappa shape index (κ2) is 6.86. The molecule has 6 nitrogen and oxygen atoms in total. The molecule has 0 saturated carbocycles. The van der Waals surface area contributed by atoms with Gasteiger partial charge in [-0.2, -0.15) is 5.10 Å². The molecule has 5 rings (SSSR count). The smallest absolute Gasteiger partial charge is 0.244 e. The van der Waals surface area contributed by atoms with Gasteiger partial charge in [-0.1, -0.05) is 30.3 Å². The first-order valence-electron chi connectivity index (χ1n) is 9.88. The quantitative estimate of drug-likeness (QED) is 0.659. The summed E-state index contributed by atoms with van der Waals surface area (Å²) >= 11 is 0. The van der Waals surface area contributed by atoms with E-state index in [0.717, 1.165) is 36.6 Å². The van der Waals surface area contributed by atoms with Crippen LogP contribution < -0.4 is 0 Å². The largest absolute Gasteiger partial charge is 0.340 e. The van der Waals surface area contributed by atoms with E-state index < -0.39 is 0 Å². The summed E-state index contributed by atoms with van der Waals surface area (Å²) in [6, 6.07) is 10.4. The summed E-state index contributed by atoms with van der Waals surface area (Å²) in [5, 5.41) is 6.34. The summed E-state index contributed by atoms with van der Waals surface area (Å²) in [5.74, 6) is 0.00386. The lowest BCUT2D eigenvalue weighted by molar-refractivity contribution is -0.133. The highest BCUT2D eigenvalue weighted by Crippen LogP contribution is 2.34. The molecule has 1 aliphatic heterocycles. The predicted molar refractivity (Wildman–Crippen MR) is 105 cm³/mol. The number of Topliss-reactive ketones (excluding diaryl/α,β-unsaturated/α-hetero) is 1. The third kappa shape index (κ3) is 2.89. The predicted octanol–water partition coefficient (Wildman–Crippen LogP) is 2.65. The van der Waals surface area contributed by atoms with E-state index in [1.165, 1.54) is 33.8 Å². The zero-order valence-electron chi connectivity index (χ0n) is 15.7. The zero-order valence-corrected chi connectivity index (χ0v) is 15.7. The topological polar surface area (TPSA) is 68.1 Å². The van der Waals surface area contributed by atoms with Crippen LogP contribution in [0.25, 0.3) is 10.8 Å². The van der Waals surface area contributed by atoms with E-state index in [9.17, 15) is 9.59 Å². The number of nitrogens with zero attached hydrogens (tertiary/aromatic N) is 4. The lowest BCUT2D eigenvalue weighted by atomic mass is 9.87. The van der Waals surface area contributed by atoms with E-state index in [4.69, 9.17) is 0 Å². The number of ketones is 1. The molecule has 1 aromatic heterocycles. The van der Waals surface area contributed by atoms with Crippen LogP contribution in [0.1, 0.15) is 34.3 Å². The molecular formula is C22H22N4O2. The molecule has 0 bridgehead atoms. The van der Waals surface area contributed by atoms with Gasteiger partial charge in [0.2, 0.25) is 5.91 Å². The molecule has 28 heavy (non-hydrogen) atoms. The molecule has 1 saturated heterocycles. The van der Waals surface area contributed by atoms with Gasteiger partial charge in [-0.15, -0.1) is 0 Å². The Morgan fingerprint density at radius 1 is 1.11 bits per heavy atom. The van der Waals surface area contributed by atoms with Gasteiger partial charge in [-0.25, -0.2) is 9.67 Å². The molecule has 2 aromatic carbocycles. The van der Waals surface area contributed by atoms with Gasteiger partial charge in [-0.3, -0.25) is 9.59 Å². The molecule has 3 aromatic rings. The van der Waals surface area contributed by atoms with Gasteiger partial charge in [-0.05, 0) is 47.6 Å². The van der Waals surface area contributed by atoms with Crippen LogP contribution in [0.3, 0.4) is 0 Å². The molecule has 0 radical (unpaired) electrons. The Bertz CT molecular complexity index is 1050. The van der Waals surface area contributed by atoms with Crippen molar-refractivity contribution < 1.29 is 9.59 Å². The van der Waals surface area contributed by atoms with Gasteiger partial charge in [0, 0.05) is 24.6 Å². The SMILES string of the molecule is O=C(c1ccc2c3c(cccc13)CC2)[C@@H]1CCCN(C(=O)Cn2cncn2)C1. The van der Waals surface area contributed by atoms with Crippen molar-refractivity contribution >= 4 is 22.5 Å². The third-order valence-corrected chi connectivity index (χ3v) is 6.05. The van der Waals surface area contributed by atoms with Crippen molar-refractivity contribution in [1.82, 2.24) is 19.7 Å². The van der Waals surface area contributed by atoms with Gasteiger partial charge < -0.3 is 4.90 Å². The van der Waals surface area contributed by atoms with Crippen molar-refractivity contribution in [3.63, 3.8) is 0 Å². The highest BCUT2D eigenvalue weighted by Gasteiger charge is 2.30. The van der Waals surface area contributed by atoms with Crippen molar-refractivity contribution in [2.24, 2.45) is 5.92 Å². The van der Waals surface area contributed by atoms with Crippen molar-refractivity contribution in [1.29, 1.82) is 0 Å². The van der Waals surface area contributed by atoms with E-state index in [0.29, 0.717) is 13.1 Å². The fourth-order valence-electron chi connectivity index (χ4n) is 4.65. The van der Waals surface area contributed by atoms with Gasteiger partial charge in [0.15, 0.2) is 5.78 Å². The molecule has 1 fully saturated rings. The maximum Gasteiger partial charge on any atom is 0.244 e. The van der Waals surface area contributed by atoms with E-state index in [1.807, 2.05) is 6.07 Å². The first-order chi connectivity index (χ1) is 13.7. The highest BCUT2D eigenvalue weighted by molar-refractivity contribution is 6.11. The molecule has 1 amide bonds. The van der Waals surface area contributed by atoms with Crippen LogP contribution in [0.15, 0.2) is 43.0 Å². The van der Waals surface area contributed by atoms with Crippen molar-refractivity contribution in [2.45, 2.75) is 32.2 Å². The Morgan fingerprint density at radius 2 is 1.96 bits per heavy atom. The standard InChI is InChI=1S/C22H22N4O2/c27-20(12-26-14-23-13-24-26)25-10-2-4-17(11-25)22(28)19-9-8-16-7-6-15-3-1-5-18(19)21(15)16/h1,3,5,8-9,13-14,17H,2,4,6-7,10-12H2/t17-/m1/s1. The normalized spacial score (nSPS) is 18.6. The number of likely N-dealkylation sites (tertiary alicyclic amines) is 1. The van der Waals surface area contributed by atoms with Crippen molar-refractivity contribution in [3.05, 3.63) is 59.7 Å². The Labute approximate surface area is 163 Å². The first-order valence-corrected chi connectivity index (χ1v) is 9.88. The number of carbonyl (C=O) groups is 2. The van der Waals surface area contributed by atoms with Crippen molar-refractivity contribution in [2.75, 3.05) is 13.1 Å². The molecule has 2 aliphatic rings. The molecule has 1 aliphatic carbocycles. The first kappa shape index (κ1) is 17.1. The van der Waals surface area contributed by atoms with Gasteiger partial charge in [0.25, 0.3) is 0 Å². The summed E-state index contributed by atoms with van der Waals surface area (Å²) < 4.78 is 1.52. The average molecular weight is 374 g/mol. The molecule has 0 unspecified atom stereocenters. The minimum absolute atomic E-state index is 0.0107. The van der Waals surface area contributed by atoms with Crippen LogP contribution in [-0.4, -0.2) is 44.4 Å². The zero-order chi connectivity index (χ0) is 19.1. The van der Waals surface area contributed by atoms with Crippen molar-refractivity contribution in [3.8, 4) is 0 Å². The monoisotopic (exact) mass is 374 g/mol. The number of hydrogen-bond acceptors (Lipinski definition) is 4. The molecule has 6 heteroatoms. The van der Waals surface area contributed by atoms with Crippen LogP contribution >= 0.6 is 0 Å². The summed E-state index contributed by atoms with van der Waals surface area (Å²) in [4.78, 5) is 31.7. The van der Waals surface area contributed by atoms with Crippen LogP contribution in [0, 0.1) is 5.92 Å². The molecule has 2 heterocycles. The molecule has 0 N–H and O–H groups in total. The van der Waals surface area contributed by atoms with Gasteiger partial charge >= 0.3 is 0 Å². The second-order valence-corrected chi connectivity index (χ2v) is 7.75. The van der Waals surface area contributed by atoms with E-state index in [2.05, 4.69) is 34.3 Å². The number of amides is 1. The number of hydrogen-bond donors (Lipinski definition) is 0. The van der Waals surface area contributed by atoms with Crippen LogP contribution in [0.2, 0.25) is 0 Å². The maximum atomic E-state index is 13.4. The summed E-state index contributed by atoms with van der Waals surface area (Å²) in [6.45, 7) is 1.35. The van der Waals surface area contributed by atoms with Gasteiger partial charge in [0.05, 0.1) is 0 Å². The number of aryl methyl sites for hydroxylation is 2. The minimum Gasteiger partial charge on any atom is -0.340 e. The maximum absolute atomic E-state index is 13.4. The lowest BCUT2D eigenvalue weighted by Gasteiger charge is -2.32. The molecule has 142 valence electrons. The van der Waals surface area contributed by atoms with Gasteiger partial charge in [0.1, 0.15) is 19.2 Å². The average Bonchev–Trinajstić information content (AvgIpc) is 3.39. The number of piperidine rings is 1. The fourth-order valence-corrected chi connectivity index (χ4v) is 4.65. The molecule has 0 spiro atoms. The number of rotatable bonds is 4. The Morgan fingerprint density at radius 3 is 2.79 bits per heavy atom. The van der Waals surface area contributed by atoms with Crippen LogP contribution in [0.5, 0.6) is 0 Å². The summed E-state index contributed by atoms with van der Waals surface area (Å²) in [6.07, 6.45) is 6.74. The molecule has 1 atom stereocenters. The fraction of sp³-hybridized carbons (Fsp3) is 0.364. The third-order valence-electron chi connectivity index (χ3n) is 6.05. The summed E-state index contributed by atoms with van der Waals surface area (Å²) in [5.41, 5.74) is 3.49. The van der Waals surface area contributed by atoms with E-state index in [-0.39, 0.29) is 24.2 Å². The Hall–Kier alpha value is -3.02. The number of benzene rings is 2. The number of aromatic nitrogens is 3. The van der Waals surface area contributed by atoms with Crippen LogP contribution in [0.4, 0.5) is 0 Å².